The summed E-state index contributed by atoms with van der Waals surface area (Å²) in [6, 6.07) is 3.91. The van der Waals surface area contributed by atoms with E-state index < -0.39 is 35.9 Å². The first kappa shape index (κ1) is 22.9. The Labute approximate surface area is 181 Å². The third-order valence-electron chi connectivity index (χ3n) is 4.46. The minimum atomic E-state index is -4.71. The van der Waals surface area contributed by atoms with Gasteiger partial charge in [-0.1, -0.05) is 11.6 Å². The van der Waals surface area contributed by atoms with Crippen molar-refractivity contribution in [2.75, 3.05) is 7.11 Å². The number of rotatable bonds is 7. The highest BCUT2D eigenvalue weighted by Gasteiger charge is 2.44. The second-order valence-corrected chi connectivity index (χ2v) is 7.62. The van der Waals surface area contributed by atoms with Crippen LogP contribution in [-0.2, 0) is 11.2 Å². The molecule has 0 amide bonds. The summed E-state index contributed by atoms with van der Waals surface area (Å²) in [6.07, 6.45) is -9.19. The van der Waals surface area contributed by atoms with Gasteiger partial charge in [-0.3, -0.25) is 14.2 Å². The lowest BCUT2D eigenvalue weighted by Gasteiger charge is -2.14. The zero-order valence-corrected chi connectivity index (χ0v) is 17.5. The van der Waals surface area contributed by atoms with Crippen LogP contribution in [0.25, 0.3) is 10.9 Å². The van der Waals surface area contributed by atoms with Crippen LogP contribution in [0, 0.1) is 6.92 Å². The van der Waals surface area contributed by atoms with Crippen molar-refractivity contribution in [1.29, 1.82) is 0 Å². The van der Waals surface area contributed by atoms with Gasteiger partial charge < -0.3 is 14.6 Å². The van der Waals surface area contributed by atoms with Gasteiger partial charge in [-0.2, -0.15) is 17.6 Å². The highest BCUT2D eigenvalue weighted by atomic mass is 35.5. The summed E-state index contributed by atoms with van der Waals surface area (Å²) in [7, 11) is 1.38. The topological polar surface area (TPSA) is 77.8 Å². The molecule has 0 aliphatic rings. The Hall–Kier alpha value is -2.79. The van der Waals surface area contributed by atoms with E-state index in [2.05, 4.69) is 4.74 Å². The molecule has 0 radical (unpaired) electrons. The number of alkyl halides is 4. The van der Waals surface area contributed by atoms with Crippen LogP contribution in [0.5, 0.6) is 10.8 Å². The molecule has 0 unspecified atom stereocenters. The SMILES string of the molecule is COc1ccc2c(c1Cl)c(CC(=O)O)c(C)n2C(=O)c1csc(OC(F)(F)C(F)F)c1. The maximum atomic E-state index is 13.1. The van der Waals surface area contributed by atoms with Crippen LogP contribution in [-0.4, -0.2) is 41.2 Å². The number of carbonyl (C=O) groups is 2. The molecule has 31 heavy (non-hydrogen) atoms. The van der Waals surface area contributed by atoms with Crippen molar-refractivity contribution >= 4 is 45.7 Å². The van der Waals surface area contributed by atoms with Crippen molar-refractivity contribution < 1.29 is 41.7 Å². The maximum absolute atomic E-state index is 13.1. The van der Waals surface area contributed by atoms with E-state index in [4.69, 9.17) is 16.3 Å². The number of methoxy groups -OCH3 is 1. The smallest absolute Gasteiger partial charge is 0.461 e. The molecule has 6 nitrogen and oxygen atoms in total. The van der Waals surface area contributed by atoms with Crippen LogP contribution in [0.1, 0.15) is 21.6 Å². The monoisotopic (exact) mass is 479 g/mol. The van der Waals surface area contributed by atoms with Gasteiger partial charge in [0.2, 0.25) is 0 Å². The fraction of sp³-hybridized carbons (Fsp3) is 0.263. The van der Waals surface area contributed by atoms with Crippen molar-refractivity contribution in [3.8, 4) is 10.8 Å². The highest BCUT2D eigenvalue weighted by Crippen LogP contribution is 2.39. The van der Waals surface area contributed by atoms with Crippen LogP contribution in [0.3, 0.4) is 0 Å². The minimum absolute atomic E-state index is 0.108. The Balaban J connectivity index is 2.11. The van der Waals surface area contributed by atoms with Crippen LogP contribution in [0.15, 0.2) is 23.6 Å². The van der Waals surface area contributed by atoms with Gasteiger partial charge >= 0.3 is 18.5 Å². The number of carboxylic acids is 1. The molecule has 2 heterocycles. The largest absolute Gasteiger partial charge is 0.495 e. The normalized spacial score (nSPS) is 11.9. The average Bonchev–Trinajstić information content (AvgIpc) is 3.24. The first-order valence-electron chi connectivity index (χ1n) is 8.54. The summed E-state index contributed by atoms with van der Waals surface area (Å²) in [6.45, 7) is 1.51. The van der Waals surface area contributed by atoms with Crippen LogP contribution in [0.4, 0.5) is 17.6 Å². The van der Waals surface area contributed by atoms with Crippen molar-refractivity contribution in [3.63, 3.8) is 0 Å². The summed E-state index contributed by atoms with van der Waals surface area (Å²) >= 11 is 6.90. The number of nitrogens with zero attached hydrogens (tertiary/aromatic N) is 1. The first-order chi connectivity index (χ1) is 14.5. The van der Waals surface area contributed by atoms with Crippen molar-refractivity contribution in [2.45, 2.75) is 25.9 Å². The summed E-state index contributed by atoms with van der Waals surface area (Å²) in [5, 5.41) is 10.3. The second-order valence-electron chi connectivity index (χ2n) is 6.37. The lowest BCUT2D eigenvalue weighted by atomic mass is 10.1. The van der Waals surface area contributed by atoms with Gasteiger partial charge in [-0.15, -0.1) is 11.3 Å². The zero-order chi connectivity index (χ0) is 23.1. The summed E-state index contributed by atoms with van der Waals surface area (Å²) in [5.74, 6) is -1.59. The van der Waals surface area contributed by atoms with E-state index >= 15 is 0 Å². The number of hydrogen-bond donors (Lipinski definition) is 1. The number of aliphatic carboxylic acids is 1. The molecule has 2 aromatic heterocycles. The Morgan fingerprint density at radius 3 is 2.58 bits per heavy atom. The molecule has 12 heteroatoms. The standard InChI is InChI=1S/C19H14ClF4NO5S/c1-8-10(6-13(26)27)15-11(3-4-12(29-2)16(15)20)25(8)17(28)9-5-14(31-7-9)30-19(23,24)18(21)22/h3-5,7,18H,6H2,1-2H3,(H,26,27). The maximum Gasteiger partial charge on any atom is 0.461 e. The second kappa shape index (κ2) is 8.39. The van der Waals surface area contributed by atoms with Gasteiger partial charge in [-0.25, -0.2) is 0 Å². The fourth-order valence-electron chi connectivity index (χ4n) is 3.09. The lowest BCUT2D eigenvalue weighted by Crippen LogP contribution is -2.33. The van der Waals surface area contributed by atoms with Gasteiger partial charge in [-0.05, 0) is 24.6 Å². The predicted molar refractivity (Wildman–Crippen MR) is 105 cm³/mol. The number of benzene rings is 1. The molecule has 0 fully saturated rings. The van der Waals surface area contributed by atoms with E-state index in [0.717, 1.165) is 6.07 Å². The molecule has 0 bridgehead atoms. The van der Waals surface area contributed by atoms with Gasteiger partial charge in [0.15, 0.2) is 5.06 Å². The van der Waals surface area contributed by atoms with E-state index in [-0.39, 0.29) is 33.1 Å². The molecule has 0 saturated carbocycles. The Morgan fingerprint density at radius 2 is 2.00 bits per heavy atom. The molecule has 0 spiro atoms. The molecule has 1 N–H and O–H groups in total. The highest BCUT2D eigenvalue weighted by molar-refractivity contribution is 7.12. The molecule has 3 aromatic rings. The predicted octanol–water partition coefficient (Wildman–Crippen LogP) is 5.23. The van der Waals surface area contributed by atoms with E-state index in [1.165, 1.54) is 36.1 Å². The molecule has 166 valence electrons. The zero-order valence-electron chi connectivity index (χ0n) is 15.9. The van der Waals surface area contributed by atoms with Crippen molar-refractivity contribution in [2.24, 2.45) is 0 Å². The number of carboxylic acid groups (broad SMARTS) is 1. The third-order valence-corrected chi connectivity index (χ3v) is 5.64. The molecular formula is C19H14ClF4NO5S. The average molecular weight is 480 g/mol. The van der Waals surface area contributed by atoms with Gasteiger partial charge in [0.1, 0.15) is 5.75 Å². The Morgan fingerprint density at radius 1 is 1.32 bits per heavy atom. The number of hydrogen-bond acceptors (Lipinski definition) is 5. The number of fused-ring (bicyclic) bond motifs is 1. The molecule has 0 atom stereocenters. The minimum Gasteiger partial charge on any atom is -0.495 e. The van der Waals surface area contributed by atoms with E-state index in [1.807, 2.05) is 0 Å². The van der Waals surface area contributed by atoms with E-state index in [0.29, 0.717) is 16.7 Å². The van der Waals surface area contributed by atoms with Crippen LogP contribution >= 0.6 is 22.9 Å². The molecule has 3 rings (SSSR count). The van der Waals surface area contributed by atoms with E-state index in [1.54, 1.807) is 0 Å². The number of aromatic nitrogens is 1. The van der Waals surface area contributed by atoms with Gasteiger partial charge in [0, 0.05) is 22.5 Å². The van der Waals surface area contributed by atoms with Crippen molar-refractivity contribution in [3.05, 3.63) is 45.4 Å². The summed E-state index contributed by atoms with van der Waals surface area (Å²) in [5.41, 5.74) is 0.704. The fourth-order valence-corrected chi connectivity index (χ4v) is 4.21. The number of halogens is 5. The Bertz CT molecular complexity index is 1170. The quantitative estimate of drug-likeness (QED) is 0.470. The number of thiophene rings is 1. The van der Waals surface area contributed by atoms with E-state index in [9.17, 15) is 32.3 Å². The van der Waals surface area contributed by atoms with Crippen LogP contribution < -0.4 is 9.47 Å². The summed E-state index contributed by atoms with van der Waals surface area (Å²) < 4.78 is 61.3. The number of ether oxygens (including phenoxy) is 2. The Kier molecular flexibility index (Phi) is 6.19. The number of carbonyl (C=O) groups excluding carboxylic acids is 1. The molecular weight excluding hydrogens is 466 g/mol. The lowest BCUT2D eigenvalue weighted by molar-refractivity contribution is -0.251. The van der Waals surface area contributed by atoms with Gasteiger partial charge in [0.25, 0.3) is 5.91 Å². The molecule has 0 aliphatic heterocycles. The summed E-state index contributed by atoms with van der Waals surface area (Å²) in [4.78, 5) is 24.5. The van der Waals surface area contributed by atoms with Crippen LogP contribution in [0.2, 0.25) is 5.02 Å². The first-order valence-corrected chi connectivity index (χ1v) is 9.80. The van der Waals surface area contributed by atoms with Gasteiger partial charge in [0.05, 0.1) is 29.6 Å². The molecule has 0 aliphatic carbocycles. The molecule has 0 saturated heterocycles. The van der Waals surface area contributed by atoms with Crippen molar-refractivity contribution in [1.82, 2.24) is 4.57 Å². The third kappa shape index (κ3) is 4.19. The molecule has 1 aromatic carbocycles.